The number of carboxylic acids is 1. The van der Waals surface area contributed by atoms with Crippen LogP contribution in [0.25, 0.3) is 0 Å². The zero-order valence-electron chi connectivity index (χ0n) is 18.4. The predicted molar refractivity (Wildman–Crippen MR) is 117 cm³/mol. The second-order valence-electron chi connectivity index (χ2n) is 7.71. The van der Waals surface area contributed by atoms with E-state index >= 15 is 0 Å². The average Bonchev–Trinajstić information content (AvgIpc) is 2.66. The molecule has 0 radical (unpaired) electrons. The van der Waals surface area contributed by atoms with Crippen LogP contribution in [0.15, 0.2) is 0 Å². The summed E-state index contributed by atoms with van der Waals surface area (Å²) in [4.78, 5) is 10.2. The second kappa shape index (κ2) is 27.2. The molecule has 0 atom stereocenters. The Kier molecular flexibility index (Phi) is 28.4. The molecule has 0 amide bonds. The van der Waals surface area contributed by atoms with Crippen LogP contribution in [0.4, 0.5) is 0 Å². The molecule has 0 bridgehead atoms. The molecular formula is C24H47NO2. The lowest BCUT2D eigenvalue weighted by molar-refractivity contribution is -0.137. The van der Waals surface area contributed by atoms with Gasteiger partial charge in [0.15, 0.2) is 0 Å². The first kappa shape index (κ1) is 28.2. The Bertz CT molecular complexity index is 323. The molecule has 0 aromatic rings. The normalized spacial score (nSPS) is 10.1. The SMILES string of the molecule is CCCCCCCCCCCC#N.CCCCCCCCCCCC(=O)O. The van der Waals surface area contributed by atoms with Crippen molar-refractivity contribution in [2.24, 2.45) is 0 Å². The van der Waals surface area contributed by atoms with Crippen LogP contribution >= 0.6 is 0 Å². The molecule has 27 heavy (non-hydrogen) atoms. The molecule has 0 aliphatic rings. The van der Waals surface area contributed by atoms with Crippen LogP contribution in [-0.2, 0) is 4.79 Å². The van der Waals surface area contributed by atoms with Gasteiger partial charge in [0.1, 0.15) is 0 Å². The molecular weight excluding hydrogens is 334 g/mol. The standard InChI is InChI=1S/C12H23N.C12H24O2/c1-2-3-4-5-6-7-8-9-10-11-12-13;1-2-3-4-5-6-7-8-9-10-11-12(13)14/h2-11H2,1H3;2-11H2,1H3,(H,13,14). The molecule has 3 nitrogen and oxygen atoms in total. The van der Waals surface area contributed by atoms with Crippen molar-refractivity contribution in [3.8, 4) is 6.07 Å². The Morgan fingerprint density at radius 2 is 0.963 bits per heavy atom. The van der Waals surface area contributed by atoms with Gasteiger partial charge in [-0.3, -0.25) is 4.79 Å². The quantitative estimate of drug-likeness (QED) is 0.228. The van der Waals surface area contributed by atoms with Gasteiger partial charge in [-0.25, -0.2) is 0 Å². The predicted octanol–water partition coefficient (Wildman–Crippen LogP) is 8.42. The topological polar surface area (TPSA) is 61.1 Å². The number of carbonyl (C=O) groups is 1. The molecule has 0 aromatic heterocycles. The van der Waals surface area contributed by atoms with E-state index < -0.39 is 5.97 Å². The molecule has 0 rings (SSSR count). The third kappa shape index (κ3) is 33.0. The third-order valence-corrected chi connectivity index (χ3v) is 4.89. The van der Waals surface area contributed by atoms with Crippen molar-refractivity contribution >= 4 is 5.97 Å². The molecule has 160 valence electrons. The number of nitriles is 1. The summed E-state index contributed by atoms with van der Waals surface area (Å²) in [5, 5.41) is 16.7. The lowest BCUT2D eigenvalue weighted by Crippen LogP contribution is -1.93. The van der Waals surface area contributed by atoms with E-state index in [1.165, 1.54) is 96.3 Å². The van der Waals surface area contributed by atoms with E-state index in [0.717, 1.165) is 25.7 Å². The first-order chi connectivity index (χ1) is 13.2. The summed E-state index contributed by atoms with van der Waals surface area (Å²) in [6.45, 7) is 4.48. The monoisotopic (exact) mass is 381 g/mol. The van der Waals surface area contributed by atoms with Crippen molar-refractivity contribution in [3.05, 3.63) is 0 Å². The van der Waals surface area contributed by atoms with E-state index in [2.05, 4.69) is 19.9 Å². The Morgan fingerprint density at radius 1 is 0.630 bits per heavy atom. The zero-order valence-corrected chi connectivity index (χ0v) is 18.4. The molecule has 0 saturated carbocycles. The Morgan fingerprint density at radius 3 is 1.30 bits per heavy atom. The van der Waals surface area contributed by atoms with Gasteiger partial charge in [-0.15, -0.1) is 0 Å². The third-order valence-electron chi connectivity index (χ3n) is 4.89. The van der Waals surface area contributed by atoms with Crippen LogP contribution in [0.2, 0.25) is 0 Å². The van der Waals surface area contributed by atoms with Crippen LogP contribution in [-0.4, -0.2) is 11.1 Å². The van der Waals surface area contributed by atoms with Gasteiger partial charge in [0, 0.05) is 12.8 Å². The van der Waals surface area contributed by atoms with Crippen molar-refractivity contribution in [2.75, 3.05) is 0 Å². The number of nitrogens with zero attached hydrogens (tertiary/aromatic N) is 1. The minimum absolute atomic E-state index is 0.343. The lowest BCUT2D eigenvalue weighted by Gasteiger charge is -2.00. The Balaban J connectivity index is 0. The number of carboxylic acid groups (broad SMARTS) is 1. The van der Waals surface area contributed by atoms with Crippen molar-refractivity contribution < 1.29 is 9.90 Å². The highest BCUT2D eigenvalue weighted by Gasteiger charge is 1.96. The van der Waals surface area contributed by atoms with Crippen molar-refractivity contribution in [2.45, 2.75) is 142 Å². The van der Waals surface area contributed by atoms with Gasteiger partial charge in [-0.1, -0.05) is 117 Å². The minimum atomic E-state index is -0.659. The Labute approximate surface area is 169 Å². The summed E-state index contributed by atoms with van der Waals surface area (Å²) in [5.74, 6) is -0.659. The largest absolute Gasteiger partial charge is 0.481 e. The van der Waals surface area contributed by atoms with E-state index in [9.17, 15) is 4.79 Å². The van der Waals surface area contributed by atoms with Gasteiger partial charge in [0.05, 0.1) is 6.07 Å². The molecule has 0 fully saturated rings. The number of hydrogen-bond donors (Lipinski definition) is 1. The number of aliphatic carboxylic acids is 1. The second-order valence-corrected chi connectivity index (χ2v) is 7.71. The molecule has 0 saturated heterocycles. The van der Waals surface area contributed by atoms with Crippen LogP contribution < -0.4 is 0 Å². The lowest BCUT2D eigenvalue weighted by atomic mass is 10.1. The fourth-order valence-electron chi connectivity index (χ4n) is 3.10. The van der Waals surface area contributed by atoms with Crippen LogP contribution in [0.3, 0.4) is 0 Å². The molecule has 0 heterocycles. The van der Waals surface area contributed by atoms with Crippen molar-refractivity contribution in [1.29, 1.82) is 5.26 Å². The fraction of sp³-hybridized carbons (Fsp3) is 0.917. The average molecular weight is 382 g/mol. The zero-order chi connectivity index (χ0) is 20.4. The van der Waals surface area contributed by atoms with Gasteiger partial charge in [-0.2, -0.15) is 5.26 Å². The summed E-state index contributed by atoms with van der Waals surface area (Å²) in [6.07, 6.45) is 24.2. The van der Waals surface area contributed by atoms with Crippen LogP contribution in [0, 0.1) is 11.3 Å². The summed E-state index contributed by atoms with van der Waals surface area (Å²) in [5.41, 5.74) is 0. The molecule has 0 spiro atoms. The van der Waals surface area contributed by atoms with Gasteiger partial charge in [-0.05, 0) is 12.8 Å². The van der Waals surface area contributed by atoms with Crippen LogP contribution in [0.1, 0.15) is 142 Å². The van der Waals surface area contributed by atoms with Crippen LogP contribution in [0.5, 0.6) is 0 Å². The fourth-order valence-corrected chi connectivity index (χ4v) is 3.10. The smallest absolute Gasteiger partial charge is 0.303 e. The molecule has 0 aliphatic carbocycles. The van der Waals surface area contributed by atoms with E-state index in [-0.39, 0.29) is 0 Å². The van der Waals surface area contributed by atoms with Crippen molar-refractivity contribution in [1.82, 2.24) is 0 Å². The number of unbranched alkanes of at least 4 members (excludes halogenated alkanes) is 17. The molecule has 3 heteroatoms. The highest BCUT2D eigenvalue weighted by molar-refractivity contribution is 5.66. The van der Waals surface area contributed by atoms with E-state index in [4.69, 9.17) is 10.4 Å². The van der Waals surface area contributed by atoms with Gasteiger partial charge >= 0.3 is 5.97 Å². The Hall–Kier alpha value is -1.04. The van der Waals surface area contributed by atoms with Gasteiger partial charge in [0.25, 0.3) is 0 Å². The summed E-state index contributed by atoms with van der Waals surface area (Å²) >= 11 is 0. The summed E-state index contributed by atoms with van der Waals surface area (Å²) in [7, 11) is 0. The maximum atomic E-state index is 10.2. The van der Waals surface area contributed by atoms with Gasteiger partial charge in [0.2, 0.25) is 0 Å². The van der Waals surface area contributed by atoms with E-state index in [1.54, 1.807) is 0 Å². The first-order valence-corrected chi connectivity index (χ1v) is 11.8. The maximum Gasteiger partial charge on any atom is 0.303 e. The van der Waals surface area contributed by atoms with E-state index in [1.807, 2.05) is 0 Å². The van der Waals surface area contributed by atoms with E-state index in [0.29, 0.717) is 6.42 Å². The first-order valence-electron chi connectivity index (χ1n) is 11.8. The highest BCUT2D eigenvalue weighted by Crippen LogP contribution is 2.11. The van der Waals surface area contributed by atoms with Crippen molar-refractivity contribution in [3.63, 3.8) is 0 Å². The number of rotatable bonds is 19. The highest BCUT2D eigenvalue weighted by atomic mass is 16.4. The van der Waals surface area contributed by atoms with Gasteiger partial charge < -0.3 is 5.11 Å². The molecule has 0 aliphatic heterocycles. The molecule has 1 N–H and O–H groups in total. The molecule has 0 unspecified atom stereocenters. The summed E-state index contributed by atoms with van der Waals surface area (Å²) < 4.78 is 0. The molecule has 0 aromatic carbocycles. The minimum Gasteiger partial charge on any atom is -0.481 e. The number of hydrogen-bond acceptors (Lipinski definition) is 2. The maximum absolute atomic E-state index is 10.2. The summed E-state index contributed by atoms with van der Waals surface area (Å²) in [6, 6.07) is 2.19.